The lowest BCUT2D eigenvalue weighted by atomic mass is 10.2. The van der Waals surface area contributed by atoms with Crippen molar-refractivity contribution >= 4 is 39.9 Å². The van der Waals surface area contributed by atoms with E-state index in [0.29, 0.717) is 5.95 Å². The number of imidazole rings is 2. The van der Waals surface area contributed by atoms with E-state index in [1.54, 1.807) is 0 Å². The number of hydrazone groups is 1. The Morgan fingerprint density at radius 3 is 2.26 bits per heavy atom. The second-order valence-electron chi connectivity index (χ2n) is 5.90. The SMILES string of the molecule is Cc1cccc2[nH]c(N=N/C(N=O)=N/Nc3nc4c(C)cccc4[nH]3)nc12. The number of anilines is 1. The molecule has 2 heterocycles. The third-order valence-electron chi connectivity index (χ3n) is 3.99. The number of azo groups is 1. The van der Waals surface area contributed by atoms with E-state index < -0.39 is 0 Å². The van der Waals surface area contributed by atoms with Crippen LogP contribution >= 0.6 is 0 Å². The highest BCUT2D eigenvalue weighted by molar-refractivity contribution is 5.83. The van der Waals surface area contributed by atoms with E-state index in [4.69, 9.17) is 0 Å². The van der Waals surface area contributed by atoms with Crippen LogP contribution in [-0.4, -0.2) is 25.9 Å². The van der Waals surface area contributed by atoms with Crippen LogP contribution in [0.15, 0.2) is 56.9 Å². The van der Waals surface area contributed by atoms with Crippen molar-refractivity contribution in [2.75, 3.05) is 5.43 Å². The molecule has 4 aromatic rings. The van der Waals surface area contributed by atoms with Crippen molar-refractivity contribution in [1.82, 2.24) is 19.9 Å². The van der Waals surface area contributed by atoms with Gasteiger partial charge in [0, 0.05) is 5.18 Å². The van der Waals surface area contributed by atoms with Crippen LogP contribution in [0.5, 0.6) is 0 Å². The first-order valence-corrected chi connectivity index (χ1v) is 8.13. The Bertz CT molecular complexity index is 1200. The molecule has 0 bridgehead atoms. The number of aromatic amines is 2. The third-order valence-corrected chi connectivity index (χ3v) is 3.99. The summed E-state index contributed by atoms with van der Waals surface area (Å²) in [5.74, 6) is 0.245. The summed E-state index contributed by atoms with van der Waals surface area (Å²) < 4.78 is 0. The van der Waals surface area contributed by atoms with Gasteiger partial charge in [0.25, 0.3) is 0 Å². The fourth-order valence-electron chi connectivity index (χ4n) is 2.69. The molecule has 4 rings (SSSR count). The molecule has 0 atom stereocenters. The molecule has 10 heteroatoms. The van der Waals surface area contributed by atoms with Gasteiger partial charge in [-0.1, -0.05) is 24.3 Å². The number of nitrogens with one attached hydrogen (secondary N) is 3. The minimum absolute atomic E-state index is 0.259. The van der Waals surface area contributed by atoms with Crippen LogP contribution in [0.4, 0.5) is 11.9 Å². The molecule has 2 aromatic carbocycles. The Morgan fingerprint density at radius 2 is 1.63 bits per heavy atom. The minimum atomic E-state index is -0.385. The van der Waals surface area contributed by atoms with Gasteiger partial charge < -0.3 is 9.97 Å². The summed E-state index contributed by atoms with van der Waals surface area (Å²) in [5, 5.41) is 14.2. The molecule has 0 radical (unpaired) electrons. The van der Waals surface area contributed by atoms with Crippen LogP contribution in [0.1, 0.15) is 11.1 Å². The van der Waals surface area contributed by atoms with E-state index in [9.17, 15) is 4.91 Å². The fourth-order valence-corrected chi connectivity index (χ4v) is 2.69. The molecule has 0 unspecified atom stereocenters. The van der Waals surface area contributed by atoms with Crippen LogP contribution in [-0.2, 0) is 0 Å². The van der Waals surface area contributed by atoms with Gasteiger partial charge in [-0.15, -0.1) is 20.2 Å². The molecule has 2 aromatic heterocycles. The van der Waals surface area contributed by atoms with Crippen LogP contribution in [0, 0.1) is 18.8 Å². The second-order valence-corrected chi connectivity index (χ2v) is 5.90. The lowest BCUT2D eigenvalue weighted by Gasteiger charge is -1.92. The van der Waals surface area contributed by atoms with Crippen LogP contribution in [0.3, 0.4) is 0 Å². The average Bonchev–Trinajstić information content (AvgIpc) is 3.27. The number of hydrogen-bond donors (Lipinski definition) is 3. The zero-order valence-electron chi connectivity index (χ0n) is 14.6. The number of nitrogens with zero attached hydrogens (tertiary/aromatic N) is 6. The largest absolute Gasteiger partial charge is 0.326 e. The van der Waals surface area contributed by atoms with Gasteiger partial charge in [-0.25, -0.2) is 15.4 Å². The number of guanidine groups is 1. The maximum absolute atomic E-state index is 11.0. The molecule has 0 spiro atoms. The molecule has 0 aliphatic rings. The van der Waals surface area contributed by atoms with Gasteiger partial charge in [0.1, 0.15) is 0 Å². The van der Waals surface area contributed by atoms with Crippen molar-refractivity contribution in [1.29, 1.82) is 0 Å². The van der Waals surface area contributed by atoms with Gasteiger partial charge in [0.05, 0.1) is 22.1 Å². The summed E-state index contributed by atoms with van der Waals surface area (Å²) in [6.07, 6.45) is 0. The zero-order valence-corrected chi connectivity index (χ0v) is 14.6. The molecular formula is C17H15N9O. The summed E-state index contributed by atoms with van der Waals surface area (Å²) in [6.45, 7) is 3.90. The second kappa shape index (κ2) is 6.75. The van der Waals surface area contributed by atoms with E-state index in [1.165, 1.54) is 0 Å². The predicted molar refractivity (Wildman–Crippen MR) is 103 cm³/mol. The predicted octanol–water partition coefficient (Wildman–Crippen LogP) is 4.29. The summed E-state index contributed by atoms with van der Waals surface area (Å²) in [7, 11) is 0. The highest BCUT2D eigenvalue weighted by Crippen LogP contribution is 2.20. The lowest BCUT2D eigenvalue weighted by Crippen LogP contribution is -1.96. The molecule has 134 valence electrons. The first-order chi connectivity index (χ1) is 13.1. The summed E-state index contributed by atoms with van der Waals surface area (Å²) in [4.78, 5) is 25.7. The number of aryl methyl sites for hydroxylation is 2. The highest BCUT2D eigenvalue weighted by atomic mass is 16.3. The monoisotopic (exact) mass is 361 g/mol. The Balaban J connectivity index is 1.55. The van der Waals surface area contributed by atoms with Crippen molar-refractivity contribution in [2.45, 2.75) is 13.8 Å². The molecule has 0 saturated carbocycles. The van der Waals surface area contributed by atoms with Crippen molar-refractivity contribution in [3.63, 3.8) is 0 Å². The van der Waals surface area contributed by atoms with Gasteiger partial charge in [-0.2, -0.15) is 0 Å². The maximum atomic E-state index is 11.0. The van der Waals surface area contributed by atoms with Gasteiger partial charge in [0.15, 0.2) is 0 Å². The smallest absolute Gasteiger partial charge is 0.323 e. The molecule has 0 aliphatic carbocycles. The number of fused-ring (bicyclic) bond motifs is 2. The van der Waals surface area contributed by atoms with Gasteiger partial charge in [0.2, 0.25) is 11.9 Å². The standard InChI is InChI=1S/C17H15N9O/c1-9-5-3-7-11-13(9)20-15(18-11)22-24-17(26-27)25-23-16-19-12-8-4-6-10(2)14(12)21-16/h3-8H,1-2H3,(H,18,20)(H2,19,21,23)/b24-22?,25-17-. The fraction of sp³-hybridized carbons (Fsp3) is 0.118. The molecule has 3 N–H and O–H groups in total. The molecule has 27 heavy (non-hydrogen) atoms. The van der Waals surface area contributed by atoms with Crippen molar-refractivity contribution in [2.24, 2.45) is 20.5 Å². The minimum Gasteiger partial charge on any atom is -0.323 e. The van der Waals surface area contributed by atoms with Gasteiger partial charge >= 0.3 is 5.96 Å². The molecule has 0 amide bonds. The number of aromatic nitrogens is 4. The topological polar surface area (TPSA) is 136 Å². The van der Waals surface area contributed by atoms with Crippen LogP contribution in [0.2, 0.25) is 0 Å². The Hall–Kier alpha value is -3.95. The quantitative estimate of drug-likeness (QED) is 0.165. The summed E-state index contributed by atoms with van der Waals surface area (Å²) in [6, 6.07) is 11.5. The highest BCUT2D eigenvalue weighted by Gasteiger charge is 2.06. The Labute approximate surface area is 152 Å². The van der Waals surface area contributed by atoms with E-state index in [2.05, 4.69) is 45.9 Å². The van der Waals surface area contributed by atoms with Crippen molar-refractivity contribution in [3.8, 4) is 0 Å². The van der Waals surface area contributed by atoms with Gasteiger partial charge in [-0.3, -0.25) is 0 Å². The van der Waals surface area contributed by atoms with Crippen molar-refractivity contribution < 1.29 is 0 Å². The van der Waals surface area contributed by atoms with E-state index in [1.807, 2.05) is 50.2 Å². The number of benzene rings is 2. The molecule has 0 saturated heterocycles. The maximum Gasteiger partial charge on any atom is 0.326 e. The molecule has 10 nitrogen and oxygen atoms in total. The third kappa shape index (κ3) is 3.27. The number of hydrogen-bond acceptors (Lipinski definition) is 6. The first-order valence-electron chi connectivity index (χ1n) is 8.13. The number of nitroso groups, excluding NO2 is 1. The van der Waals surface area contributed by atoms with E-state index in [0.717, 1.165) is 33.2 Å². The van der Waals surface area contributed by atoms with Crippen LogP contribution < -0.4 is 5.43 Å². The normalized spacial score (nSPS) is 12.3. The van der Waals surface area contributed by atoms with Crippen molar-refractivity contribution in [3.05, 3.63) is 52.4 Å². The number of rotatable bonds is 3. The zero-order chi connectivity index (χ0) is 18.8. The first kappa shape index (κ1) is 16.5. The molecule has 0 aliphatic heterocycles. The van der Waals surface area contributed by atoms with E-state index >= 15 is 0 Å². The lowest BCUT2D eigenvalue weighted by molar-refractivity contribution is 1.12. The molecular weight excluding hydrogens is 346 g/mol. The van der Waals surface area contributed by atoms with E-state index in [-0.39, 0.29) is 11.9 Å². The molecule has 0 fully saturated rings. The average molecular weight is 361 g/mol. The number of H-pyrrole nitrogens is 2. The summed E-state index contributed by atoms with van der Waals surface area (Å²) >= 11 is 0. The van der Waals surface area contributed by atoms with Gasteiger partial charge in [-0.05, 0) is 37.1 Å². The Morgan fingerprint density at radius 1 is 0.963 bits per heavy atom. The Kier molecular flexibility index (Phi) is 4.13. The number of para-hydroxylation sites is 2. The summed E-state index contributed by atoms with van der Waals surface area (Å²) in [5.41, 5.74) is 7.95. The van der Waals surface area contributed by atoms with Crippen LogP contribution in [0.25, 0.3) is 22.1 Å².